The Bertz CT molecular complexity index is 350. The lowest BCUT2D eigenvalue weighted by Crippen LogP contribution is -2.35. The average molecular weight is 246 g/mol. The third-order valence-corrected chi connectivity index (χ3v) is 2.97. The molecule has 8 nitrogen and oxygen atoms in total. The lowest BCUT2D eigenvalue weighted by Gasteiger charge is -2.16. The van der Waals surface area contributed by atoms with Crippen LogP contribution in [0.2, 0.25) is 0 Å². The third-order valence-electron chi connectivity index (χ3n) is 2.97. The fourth-order valence-corrected chi connectivity index (χ4v) is 2.23. The normalized spacial score (nSPS) is 32.0. The first-order valence-corrected chi connectivity index (χ1v) is 4.68. The number of hydrogen-bond acceptors (Lipinski definition) is 4. The van der Waals surface area contributed by atoms with Crippen LogP contribution in [-0.2, 0) is 19.2 Å². The molecule has 0 aromatic carbocycles. The van der Waals surface area contributed by atoms with E-state index in [9.17, 15) is 19.2 Å². The smallest absolute Gasteiger partial charge is 0.308 e. The van der Waals surface area contributed by atoms with Crippen molar-refractivity contribution in [3.63, 3.8) is 0 Å². The van der Waals surface area contributed by atoms with E-state index in [0.717, 1.165) is 0 Å². The molecule has 0 heterocycles. The van der Waals surface area contributed by atoms with E-state index in [0.29, 0.717) is 0 Å². The van der Waals surface area contributed by atoms with Gasteiger partial charge in [-0.25, -0.2) is 0 Å². The topological polar surface area (TPSA) is 149 Å². The van der Waals surface area contributed by atoms with E-state index in [-0.39, 0.29) is 0 Å². The van der Waals surface area contributed by atoms with Gasteiger partial charge < -0.3 is 20.4 Å². The van der Waals surface area contributed by atoms with Gasteiger partial charge in [-0.05, 0) is 6.42 Å². The van der Waals surface area contributed by atoms with Crippen LogP contribution in [-0.4, -0.2) is 44.3 Å². The Labute approximate surface area is 94.5 Å². The molecular formula is C9H10O8. The molecule has 0 saturated heterocycles. The van der Waals surface area contributed by atoms with Crippen molar-refractivity contribution in [1.82, 2.24) is 0 Å². The summed E-state index contributed by atoms with van der Waals surface area (Å²) >= 11 is 0. The summed E-state index contributed by atoms with van der Waals surface area (Å²) in [6.45, 7) is 0. The SMILES string of the molecule is O=C(O)[C@@H]1[C@H](C(=O)O)[C@@H](C(=O)O)C[C@H]1C(=O)O. The summed E-state index contributed by atoms with van der Waals surface area (Å²) in [4.78, 5) is 43.4. The predicted molar refractivity (Wildman–Crippen MR) is 49.1 cm³/mol. The zero-order valence-corrected chi connectivity index (χ0v) is 8.44. The largest absolute Gasteiger partial charge is 0.481 e. The second kappa shape index (κ2) is 4.40. The second-order valence-corrected chi connectivity index (χ2v) is 3.85. The molecule has 17 heavy (non-hydrogen) atoms. The van der Waals surface area contributed by atoms with Crippen molar-refractivity contribution in [2.45, 2.75) is 6.42 Å². The fourth-order valence-electron chi connectivity index (χ4n) is 2.23. The summed E-state index contributed by atoms with van der Waals surface area (Å²) in [5.74, 6) is -12.6. The maximum atomic E-state index is 10.9. The van der Waals surface area contributed by atoms with Gasteiger partial charge >= 0.3 is 23.9 Å². The van der Waals surface area contributed by atoms with Crippen LogP contribution in [0.25, 0.3) is 0 Å². The molecule has 0 bridgehead atoms. The molecule has 94 valence electrons. The van der Waals surface area contributed by atoms with Gasteiger partial charge in [-0.15, -0.1) is 0 Å². The number of rotatable bonds is 4. The number of carboxylic acids is 4. The van der Waals surface area contributed by atoms with Crippen LogP contribution in [0.1, 0.15) is 6.42 Å². The van der Waals surface area contributed by atoms with Crippen LogP contribution in [0.15, 0.2) is 0 Å². The Morgan fingerprint density at radius 3 is 1.12 bits per heavy atom. The highest BCUT2D eigenvalue weighted by molar-refractivity contribution is 5.90. The minimum Gasteiger partial charge on any atom is -0.481 e. The van der Waals surface area contributed by atoms with Gasteiger partial charge in [0.25, 0.3) is 0 Å². The van der Waals surface area contributed by atoms with E-state index < -0.39 is 54.0 Å². The summed E-state index contributed by atoms with van der Waals surface area (Å²) in [6, 6.07) is 0. The zero-order chi connectivity index (χ0) is 13.3. The first-order chi connectivity index (χ1) is 7.77. The zero-order valence-electron chi connectivity index (χ0n) is 8.44. The number of aliphatic carboxylic acids is 4. The molecule has 0 aromatic rings. The molecule has 0 amide bonds. The van der Waals surface area contributed by atoms with Crippen LogP contribution in [0.3, 0.4) is 0 Å². The Kier molecular flexibility index (Phi) is 3.35. The van der Waals surface area contributed by atoms with Crippen LogP contribution in [0, 0.1) is 23.7 Å². The van der Waals surface area contributed by atoms with Gasteiger partial charge in [-0.1, -0.05) is 0 Å². The quantitative estimate of drug-likeness (QED) is 0.503. The van der Waals surface area contributed by atoms with Gasteiger partial charge in [0.1, 0.15) is 0 Å². The fraction of sp³-hybridized carbons (Fsp3) is 0.556. The van der Waals surface area contributed by atoms with Crippen molar-refractivity contribution in [1.29, 1.82) is 0 Å². The summed E-state index contributed by atoms with van der Waals surface area (Å²) in [7, 11) is 0. The van der Waals surface area contributed by atoms with Crippen LogP contribution in [0.4, 0.5) is 0 Å². The summed E-state index contributed by atoms with van der Waals surface area (Å²) in [6.07, 6.45) is -0.488. The van der Waals surface area contributed by atoms with Crippen molar-refractivity contribution >= 4 is 23.9 Å². The van der Waals surface area contributed by atoms with Crippen molar-refractivity contribution in [2.75, 3.05) is 0 Å². The molecule has 4 atom stereocenters. The minimum atomic E-state index is -1.72. The highest BCUT2D eigenvalue weighted by Gasteiger charge is 2.56. The minimum absolute atomic E-state index is 0.488. The maximum absolute atomic E-state index is 10.9. The van der Waals surface area contributed by atoms with E-state index in [2.05, 4.69) is 0 Å². The van der Waals surface area contributed by atoms with Gasteiger partial charge in [0.2, 0.25) is 0 Å². The average Bonchev–Trinajstić information content (AvgIpc) is 2.56. The van der Waals surface area contributed by atoms with Crippen LogP contribution >= 0.6 is 0 Å². The summed E-state index contributed by atoms with van der Waals surface area (Å²) in [5, 5.41) is 35.2. The third kappa shape index (κ3) is 2.19. The van der Waals surface area contributed by atoms with Crippen molar-refractivity contribution in [3.8, 4) is 0 Å². The molecule has 0 radical (unpaired) electrons. The molecular weight excluding hydrogens is 236 g/mol. The number of carboxylic acid groups (broad SMARTS) is 4. The number of hydrogen-bond donors (Lipinski definition) is 4. The van der Waals surface area contributed by atoms with Gasteiger partial charge in [-0.3, -0.25) is 19.2 Å². The summed E-state index contributed by atoms with van der Waals surface area (Å²) < 4.78 is 0. The van der Waals surface area contributed by atoms with Crippen molar-refractivity contribution in [2.24, 2.45) is 23.7 Å². The van der Waals surface area contributed by atoms with Gasteiger partial charge in [0.15, 0.2) is 0 Å². The van der Waals surface area contributed by atoms with E-state index in [1.165, 1.54) is 0 Å². The molecule has 0 unspecified atom stereocenters. The van der Waals surface area contributed by atoms with Gasteiger partial charge in [0.05, 0.1) is 23.7 Å². The molecule has 0 aromatic heterocycles. The first kappa shape index (κ1) is 12.9. The standard InChI is InChI=1S/C9H10O8/c10-6(11)2-1-3(7(12)13)5(9(16)17)4(2)8(14)15/h2-5H,1H2,(H,10,11)(H,12,13)(H,14,15)(H,16,17)/t2-,3+,4+,5-. The molecule has 0 aliphatic heterocycles. The Morgan fingerprint density at radius 2 is 0.941 bits per heavy atom. The lowest BCUT2D eigenvalue weighted by atomic mass is 9.87. The number of carbonyl (C=O) groups is 4. The maximum Gasteiger partial charge on any atom is 0.308 e. The highest BCUT2D eigenvalue weighted by Crippen LogP contribution is 2.42. The highest BCUT2D eigenvalue weighted by atomic mass is 16.4. The monoisotopic (exact) mass is 246 g/mol. The Balaban J connectivity index is 3.17. The van der Waals surface area contributed by atoms with E-state index in [4.69, 9.17) is 20.4 Å². The van der Waals surface area contributed by atoms with E-state index in [1.54, 1.807) is 0 Å². The molecule has 0 spiro atoms. The van der Waals surface area contributed by atoms with Gasteiger partial charge in [-0.2, -0.15) is 0 Å². The Morgan fingerprint density at radius 1 is 0.647 bits per heavy atom. The predicted octanol–water partition coefficient (Wildman–Crippen LogP) is -0.807. The molecule has 8 heteroatoms. The van der Waals surface area contributed by atoms with Gasteiger partial charge in [0, 0.05) is 0 Å². The molecule has 1 rings (SSSR count). The van der Waals surface area contributed by atoms with Crippen LogP contribution in [0.5, 0.6) is 0 Å². The van der Waals surface area contributed by atoms with Crippen LogP contribution < -0.4 is 0 Å². The first-order valence-electron chi connectivity index (χ1n) is 4.68. The lowest BCUT2D eigenvalue weighted by molar-refractivity contribution is -0.160. The molecule has 1 aliphatic carbocycles. The summed E-state index contributed by atoms with van der Waals surface area (Å²) in [5.41, 5.74) is 0. The van der Waals surface area contributed by atoms with Crippen molar-refractivity contribution in [3.05, 3.63) is 0 Å². The van der Waals surface area contributed by atoms with Crippen molar-refractivity contribution < 1.29 is 39.6 Å². The molecule has 1 aliphatic rings. The molecule has 1 fully saturated rings. The second-order valence-electron chi connectivity index (χ2n) is 3.85. The molecule has 1 saturated carbocycles. The molecule has 4 N–H and O–H groups in total. The Hall–Kier alpha value is -2.12. The van der Waals surface area contributed by atoms with E-state index >= 15 is 0 Å². The van der Waals surface area contributed by atoms with E-state index in [1.807, 2.05) is 0 Å².